The number of hydrogen-bond acceptors (Lipinski definition) is 3. The largest absolute Gasteiger partial charge is 0.304 e. The summed E-state index contributed by atoms with van der Waals surface area (Å²) in [6.45, 7) is 2.96. The van der Waals surface area contributed by atoms with Gasteiger partial charge >= 0.3 is 0 Å². The van der Waals surface area contributed by atoms with Crippen LogP contribution in [-0.4, -0.2) is 14.8 Å². The van der Waals surface area contributed by atoms with Crippen molar-refractivity contribution >= 4 is 0 Å². The van der Waals surface area contributed by atoms with Gasteiger partial charge in [-0.15, -0.1) is 0 Å². The van der Waals surface area contributed by atoms with Crippen molar-refractivity contribution in [2.45, 2.75) is 57.7 Å². The Labute approximate surface area is 126 Å². The fourth-order valence-electron chi connectivity index (χ4n) is 3.03. The van der Waals surface area contributed by atoms with Crippen molar-refractivity contribution in [2.24, 2.45) is 0 Å². The summed E-state index contributed by atoms with van der Waals surface area (Å²) < 4.78 is 2.17. The minimum atomic E-state index is 0.290. The summed E-state index contributed by atoms with van der Waals surface area (Å²) in [4.78, 5) is 4.17. The molecule has 0 saturated heterocycles. The van der Waals surface area contributed by atoms with Crippen LogP contribution in [0, 0.1) is 0 Å². The molecule has 3 rings (SSSR count). The van der Waals surface area contributed by atoms with Gasteiger partial charge in [-0.05, 0) is 37.5 Å². The quantitative estimate of drug-likeness (QED) is 0.911. The summed E-state index contributed by atoms with van der Waals surface area (Å²) in [6.07, 6.45) is 12.5. The predicted octanol–water partition coefficient (Wildman–Crippen LogP) is 3.63. The minimum absolute atomic E-state index is 0.290. The monoisotopic (exact) mass is 284 g/mol. The van der Waals surface area contributed by atoms with Crippen LogP contribution in [0.2, 0.25) is 0 Å². The summed E-state index contributed by atoms with van der Waals surface area (Å²) in [7, 11) is 0. The molecule has 2 aromatic heterocycles. The first-order valence-corrected chi connectivity index (χ1v) is 8.00. The SMILES string of the molecule is C[C@@H](NCc1ccn(C2CCCCC2)n1)c1cccnc1. The first-order valence-electron chi connectivity index (χ1n) is 8.00. The number of rotatable bonds is 5. The molecule has 0 radical (unpaired) electrons. The molecule has 1 N–H and O–H groups in total. The van der Waals surface area contributed by atoms with E-state index in [1.807, 2.05) is 18.5 Å². The molecule has 0 aliphatic heterocycles. The zero-order chi connectivity index (χ0) is 14.5. The third-order valence-corrected chi connectivity index (χ3v) is 4.39. The summed E-state index contributed by atoms with van der Waals surface area (Å²) in [6, 6.07) is 7.12. The Morgan fingerprint density at radius 2 is 2.14 bits per heavy atom. The lowest BCUT2D eigenvalue weighted by molar-refractivity contribution is 0.327. The van der Waals surface area contributed by atoms with Gasteiger partial charge in [0.05, 0.1) is 11.7 Å². The summed E-state index contributed by atoms with van der Waals surface area (Å²) in [5.41, 5.74) is 2.33. The van der Waals surface area contributed by atoms with Gasteiger partial charge in [0.15, 0.2) is 0 Å². The van der Waals surface area contributed by atoms with Crippen molar-refractivity contribution in [3.8, 4) is 0 Å². The highest BCUT2D eigenvalue weighted by Crippen LogP contribution is 2.27. The van der Waals surface area contributed by atoms with Crippen molar-refractivity contribution in [1.29, 1.82) is 0 Å². The second-order valence-electron chi connectivity index (χ2n) is 5.97. The van der Waals surface area contributed by atoms with Crippen molar-refractivity contribution in [2.75, 3.05) is 0 Å². The molecule has 2 heterocycles. The second-order valence-corrected chi connectivity index (χ2v) is 5.97. The molecule has 1 saturated carbocycles. The van der Waals surface area contributed by atoms with Gasteiger partial charge in [0.25, 0.3) is 0 Å². The standard InChI is InChI=1S/C17H24N4/c1-14(15-6-5-10-18-12-15)19-13-16-9-11-21(20-16)17-7-3-2-4-8-17/h5-6,9-12,14,17,19H,2-4,7-8,13H2,1H3/t14-/m1/s1. The summed E-state index contributed by atoms with van der Waals surface area (Å²) >= 11 is 0. The highest BCUT2D eigenvalue weighted by Gasteiger charge is 2.16. The molecule has 0 spiro atoms. The fourth-order valence-corrected chi connectivity index (χ4v) is 3.03. The van der Waals surface area contributed by atoms with Crippen molar-refractivity contribution < 1.29 is 0 Å². The van der Waals surface area contributed by atoms with E-state index in [9.17, 15) is 0 Å². The summed E-state index contributed by atoms with van der Waals surface area (Å²) in [5, 5.41) is 8.25. The molecule has 0 aromatic carbocycles. The maximum absolute atomic E-state index is 4.74. The maximum atomic E-state index is 4.74. The Morgan fingerprint density at radius 3 is 2.90 bits per heavy atom. The van der Waals surface area contributed by atoms with E-state index < -0.39 is 0 Å². The van der Waals surface area contributed by atoms with Gasteiger partial charge in [-0.3, -0.25) is 9.67 Å². The molecule has 2 aromatic rings. The number of pyridine rings is 1. The van der Waals surface area contributed by atoms with E-state index in [1.54, 1.807) is 0 Å². The zero-order valence-electron chi connectivity index (χ0n) is 12.7. The van der Waals surface area contributed by atoms with E-state index in [0.717, 1.165) is 12.2 Å². The first-order chi connectivity index (χ1) is 10.3. The van der Waals surface area contributed by atoms with Gasteiger partial charge in [-0.25, -0.2) is 0 Å². The van der Waals surface area contributed by atoms with Crippen LogP contribution in [0.4, 0.5) is 0 Å². The molecule has 1 aliphatic carbocycles. The second kappa shape index (κ2) is 6.85. The molecule has 1 aliphatic rings. The molecule has 0 bridgehead atoms. The van der Waals surface area contributed by atoms with Crippen molar-refractivity contribution in [3.63, 3.8) is 0 Å². The van der Waals surface area contributed by atoms with Gasteiger partial charge in [0, 0.05) is 31.2 Å². The number of hydrogen-bond donors (Lipinski definition) is 1. The Balaban J connectivity index is 1.55. The molecular formula is C17H24N4. The Bertz CT molecular complexity index is 543. The lowest BCUT2D eigenvalue weighted by Gasteiger charge is -2.21. The van der Waals surface area contributed by atoms with Crippen LogP contribution in [0.15, 0.2) is 36.8 Å². The maximum Gasteiger partial charge on any atom is 0.0762 e. The molecule has 1 fully saturated rings. The van der Waals surface area contributed by atoms with E-state index in [-0.39, 0.29) is 0 Å². The Hall–Kier alpha value is -1.68. The van der Waals surface area contributed by atoms with Crippen LogP contribution < -0.4 is 5.32 Å². The van der Waals surface area contributed by atoms with Crippen LogP contribution in [0.25, 0.3) is 0 Å². The predicted molar refractivity (Wildman–Crippen MR) is 83.8 cm³/mol. The van der Waals surface area contributed by atoms with Gasteiger partial charge in [-0.1, -0.05) is 25.3 Å². The van der Waals surface area contributed by atoms with Crippen molar-refractivity contribution in [3.05, 3.63) is 48.0 Å². The molecule has 4 heteroatoms. The molecule has 4 nitrogen and oxygen atoms in total. The molecule has 1 atom stereocenters. The number of aromatic nitrogens is 3. The average molecular weight is 284 g/mol. The van der Waals surface area contributed by atoms with E-state index in [2.05, 4.69) is 40.2 Å². The minimum Gasteiger partial charge on any atom is -0.304 e. The van der Waals surface area contributed by atoms with Crippen LogP contribution >= 0.6 is 0 Å². The van der Waals surface area contributed by atoms with E-state index in [1.165, 1.54) is 37.7 Å². The number of nitrogens with one attached hydrogen (secondary N) is 1. The zero-order valence-corrected chi connectivity index (χ0v) is 12.7. The van der Waals surface area contributed by atoms with Crippen LogP contribution in [0.3, 0.4) is 0 Å². The van der Waals surface area contributed by atoms with Gasteiger partial charge in [0.1, 0.15) is 0 Å². The van der Waals surface area contributed by atoms with Gasteiger partial charge in [0.2, 0.25) is 0 Å². The third-order valence-electron chi connectivity index (χ3n) is 4.39. The topological polar surface area (TPSA) is 42.7 Å². The molecule has 21 heavy (non-hydrogen) atoms. The van der Waals surface area contributed by atoms with Crippen LogP contribution in [-0.2, 0) is 6.54 Å². The lowest BCUT2D eigenvalue weighted by atomic mass is 9.96. The van der Waals surface area contributed by atoms with Gasteiger partial charge in [-0.2, -0.15) is 5.10 Å². The van der Waals surface area contributed by atoms with Gasteiger partial charge < -0.3 is 5.32 Å². The van der Waals surface area contributed by atoms with E-state index >= 15 is 0 Å². The number of nitrogens with zero attached hydrogens (tertiary/aromatic N) is 3. The first kappa shape index (κ1) is 14.3. The molecule has 112 valence electrons. The van der Waals surface area contributed by atoms with Crippen molar-refractivity contribution in [1.82, 2.24) is 20.1 Å². The summed E-state index contributed by atoms with van der Waals surface area (Å²) in [5.74, 6) is 0. The van der Waals surface area contributed by atoms with Crippen LogP contribution in [0.1, 0.15) is 62.4 Å². The van der Waals surface area contributed by atoms with E-state index in [0.29, 0.717) is 12.1 Å². The normalized spacial score (nSPS) is 17.8. The highest BCUT2D eigenvalue weighted by molar-refractivity contribution is 5.13. The lowest BCUT2D eigenvalue weighted by Crippen LogP contribution is -2.19. The fraction of sp³-hybridized carbons (Fsp3) is 0.529. The Kier molecular flexibility index (Phi) is 4.65. The molecule has 0 amide bonds. The Morgan fingerprint density at radius 1 is 1.29 bits per heavy atom. The molecular weight excluding hydrogens is 260 g/mol. The van der Waals surface area contributed by atoms with Crippen LogP contribution in [0.5, 0.6) is 0 Å². The third kappa shape index (κ3) is 3.70. The smallest absolute Gasteiger partial charge is 0.0762 e. The van der Waals surface area contributed by atoms with E-state index in [4.69, 9.17) is 5.10 Å². The molecule has 0 unspecified atom stereocenters. The average Bonchev–Trinajstić information content (AvgIpc) is 3.03. The highest BCUT2D eigenvalue weighted by atomic mass is 15.3.